The number of urea groups is 1. The Hall–Kier alpha value is -2.02. The predicted octanol–water partition coefficient (Wildman–Crippen LogP) is -0.282. The van der Waals surface area contributed by atoms with Crippen molar-refractivity contribution in [3.05, 3.63) is 29.6 Å². The van der Waals surface area contributed by atoms with Gasteiger partial charge in [-0.15, -0.1) is 0 Å². The Morgan fingerprint density at radius 3 is 2.87 bits per heavy atom. The maximum atomic E-state index is 10.3. The monoisotopic (exact) mass is 223 g/mol. The van der Waals surface area contributed by atoms with Gasteiger partial charge in [-0.3, -0.25) is 0 Å². The zero-order valence-corrected chi connectivity index (χ0v) is 8.49. The lowest BCUT2D eigenvalue weighted by Gasteiger charge is -1.98. The van der Waals surface area contributed by atoms with Crippen LogP contribution < -0.4 is 16.9 Å². The first-order valence-corrected chi connectivity index (χ1v) is 4.36. The SMILES string of the molecule is NC(=O)NN=Cc1cccc(C(N)=S)n1. The second-order valence-corrected chi connectivity index (χ2v) is 2.99. The maximum Gasteiger partial charge on any atom is 0.332 e. The number of aromatic nitrogens is 1. The molecule has 2 amide bonds. The molecule has 0 aliphatic rings. The molecule has 0 spiro atoms. The summed E-state index contributed by atoms with van der Waals surface area (Å²) in [6.45, 7) is 0. The summed E-state index contributed by atoms with van der Waals surface area (Å²) in [6, 6.07) is 4.36. The van der Waals surface area contributed by atoms with Crippen LogP contribution in [0, 0.1) is 0 Å². The minimum Gasteiger partial charge on any atom is -0.388 e. The summed E-state index contributed by atoms with van der Waals surface area (Å²) in [5, 5.41) is 3.55. The highest BCUT2D eigenvalue weighted by Gasteiger charge is 1.97. The molecule has 1 aromatic heterocycles. The number of pyridine rings is 1. The molecule has 78 valence electrons. The Labute approximate surface area is 91.4 Å². The summed E-state index contributed by atoms with van der Waals surface area (Å²) >= 11 is 4.76. The van der Waals surface area contributed by atoms with Crippen LogP contribution in [0.15, 0.2) is 23.3 Å². The van der Waals surface area contributed by atoms with Gasteiger partial charge in [0.1, 0.15) is 4.99 Å². The van der Waals surface area contributed by atoms with Gasteiger partial charge in [0.05, 0.1) is 17.6 Å². The number of hydrazone groups is 1. The Bertz CT molecular complexity index is 417. The van der Waals surface area contributed by atoms with Crippen LogP contribution in [-0.4, -0.2) is 22.2 Å². The fourth-order valence-corrected chi connectivity index (χ4v) is 0.936. The number of rotatable bonds is 3. The van der Waals surface area contributed by atoms with Crippen LogP contribution in [-0.2, 0) is 0 Å². The molecule has 0 saturated heterocycles. The molecule has 0 radical (unpaired) electrons. The summed E-state index contributed by atoms with van der Waals surface area (Å²) in [6.07, 6.45) is 1.34. The van der Waals surface area contributed by atoms with E-state index in [-0.39, 0.29) is 4.99 Å². The van der Waals surface area contributed by atoms with Gasteiger partial charge >= 0.3 is 6.03 Å². The second-order valence-electron chi connectivity index (χ2n) is 2.55. The highest BCUT2D eigenvalue weighted by molar-refractivity contribution is 7.80. The van der Waals surface area contributed by atoms with Gasteiger partial charge in [-0.1, -0.05) is 18.3 Å². The van der Waals surface area contributed by atoms with Gasteiger partial charge in [0.2, 0.25) is 0 Å². The molecule has 1 aromatic rings. The van der Waals surface area contributed by atoms with Crippen LogP contribution >= 0.6 is 12.2 Å². The second kappa shape index (κ2) is 5.01. The maximum absolute atomic E-state index is 10.3. The Kier molecular flexibility index (Phi) is 3.69. The molecule has 0 bridgehead atoms. The van der Waals surface area contributed by atoms with Crippen molar-refractivity contribution in [2.24, 2.45) is 16.6 Å². The van der Waals surface area contributed by atoms with Crippen molar-refractivity contribution in [3.8, 4) is 0 Å². The van der Waals surface area contributed by atoms with Crippen molar-refractivity contribution in [2.75, 3.05) is 0 Å². The molecule has 0 aromatic carbocycles. The van der Waals surface area contributed by atoms with Gasteiger partial charge in [0.25, 0.3) is 0 Å². The number of thiocarbonyl (C=S) groups is 1. The Morgan fingerprint density at radius 1 is 1.53 bits per heavy atom. The summed E-state index contributed by atoms with van der Waals surface area (Å²) in [5.74, 6) is 0. The molecule has 0 unspecified atom stereocenters. The summed E-state index contributed by atoms with van der Waals surface area (Å²) in [4.78, 5) is 14.6. The van der Waals surface area contributed by atoms with E-state index in [0.717, 1.165) is 0 Å². The van der Waals surface area contributed by atoms with Crippen LogP contribution in [0.3, 0.4) is 0 Å². The van der Waals surface area contributed by atoms with Gasteiger partial charge < -0.3 is 11.5 Å². The van der Waals surface area contributed by atoms with E-state index in [4.69, 9.17) is 23.7 Å². The quantitative estimate of drug-likeness (QED) is 0.372. The van der Waals surface area contributed by atoms with Crippen LogP contribution in [0.1, 0.15) is 11.4 Å². The Morgan fingerprint density at radius 2 is 2.27 bits per heavy atom. The summed E-state index contributed by atoms with van der Waals surface area (Å²) in [7, 11) is 0. The molecule has 0 aliphatic heterocycles. The molecule has 6 nitrogen and oxygen atoms in total. The summed E-state index contributed by atoms with van der Waals surface area (Å²) in [5.41, 5.74) is 13.3. The van der Waals surface area contributed by atoms with Crippen LogP contribution in [0.5, 0.6) is 0 Å². The van der Waals surface area contributed by atoms with E-state index < -0.39 is 6.03 Å². The number of hydrogen-bond acceptors (Lipinski definition) is 4. The van der Waals surface area contributed by atoms with Crippen molar-refractivity contribution in [1.82, 2.24) is 10.4 Å². The highest BCUT2D eigenvalue weighted by Crippen LogP contribution is 1.96. The van der Waals surface area contributed by atoms with E-state index in [1.54, 1.807) is 18.2 Å². The van der Waals surface area contributed by atoms with E-state index in [1.807, 2.05) is 5.43 Å². The molecule has 0 aliphatic carbocycles. The van der Waals surface area contributed by atoms with Crippen molar-refractivity contribution in [1.29, 1.82) is 0 Å². The third kappa shape index (κ3) is 3.69. The van der Waals surface area contributed by atoms with Gasteiger partial charge in [0, 0.05) is 0 Å². The number of primary amides is 1. The van der Waals surface area contributed by atoms with Crippen LogP contribution in [0.2, 0.25) is 0 Å². The first-order chi connectivity index (χ1) is 7.09. The van der Waals surface area contributed by atoms with Crippen molar-refractivity contribution >= 4 is 29.5 Å². The first-order valence-electron chi connectivity index (χ1n) is 3.95. The van der Waals surface area contributed by atoms with E-state index in [2.05, 4.69) is 10.1 Å². The zero-order chi connectivity index (χ0) is 11.3. The van der Waals surface area contributed by atoms with Crippen molar-refractivity contribution < 1.29 is 4.79 Å². The fraction of sp³-hybridized carbons (Fsp3) is 0. The van der Waals surface area contributed by atoms with E-state index in [0.29, 0.717) is 11.4 Å². The third-order valence-electron chi connectivity index (χ3n) is 1.39. The number of carbonyl (C=O) groups is 1. The molecule has 7 heteroatoms. The van der Waals surface area contributed by atoms with E-state index >= 15 is 0 Å². The van der Waals surface area contributed by atoms with Crippen LogP contribution in [0.25, 0.3) is 0 Å². The minimum absolute atomic E-state index is 0.202. The third-order valence-corrected chi connectivity index (χ3v) is 1.60. The number of hydrogen-bond donors (Lipinski definition) is 3. The lowest BCUT2D eigenvalue weighted by atomic mass is 10.3. The normalized spacial score (nSPS) is 10.1. The molecular weight excluding hydrogens is 214 g/mol. The molecule has 0 atom stereocenters. The molecule has 1 rings (SSSR count). The molecule has 0 saturated carbocycles. The summed E-state index contributed by atoms with van der Waals surface area (Å²) < 4.78 is 0. The highest BCUT2D eigenvalue weighted by atomic mass is 32.1. The topological polar surface area (TPSA) is 106 Å². The van der Waals surface area contributed by atoms with Gasteiger partial charge in [0.15, 0.2) is 0 Å². The largest absolute Gasteiger partial charge is 0.388 e. The lowest BCUT2D eigenvalue weighted by molar-refractivity contribution is 0.249. The molecule has 5 N–H and O–H groups in total. The predicted molar refractivity (Wildman–Crippen MR) is 60.4 cm³/mol. The van der Waals surface area contributed by atoms with E-state index in [9.17, 15) is 4.79 Å². The average molecular weight is 223 g/mol. The molecule has 1 heterocycles. The van der Waals surface area contributed by atoms with Gasteiger partial charge in [-0.2, -0.15) is 5.10 Å². The number of amides is 2. The van der Waals surface area contributed by atoms with Gasteiger partial charge in [-0.25, -0.2) is 15.2 Å². The van der Waals surface area contributed by atoms with Crippen LogP contribution in [0.4, 0.5) is 4.79 Å². The fourth-order valence-electron chi connectivity index (χ4n) is 0.823. The number of carbonyl (C=O) groups excluding carboxylic acids is 1. The number of nitrogens with two attached hydrogens (primary N) is 2. The molecule has 0 fully saturated rings. The molecule has 15 heavy (non-hydrogen) atoms. The number of nitrogens with zero attached hydrogens (tertiary/aromatic N) is 2. The lowest BCUT2D eigenvalue weighted by Crippen LogP contribution is -2.24. The van der Waals surface area contributed by atoms with Crippen molar-refractivity contribution in [3.63, 3.8) is 0 Å². The average Bonchev–Trinajstić information content (AvgIpc) is 2.17. The van der Waals surface area contributed by atoms with Gasteiger partial charge in [-0.05, 0) is 12.1 Å². The molecular formula is C8H9N5OS. The smallest absolute Gasteiger partial charge is 0.332 e. The first kappa shape index (κ1) is 11.1. The zero-order valence-electron chi connectivity index (χ0n) is 7.68. The standard InChI is InChI=1S/C8H9N5OS/c9-7(15)6-3-1-2-5(12-6)4-11-13-8(10)14/h1-4H,(H2,9,15)(H3,10,13,14). The van der Waals surface area contributed by atoms with E-state index in [1.165, 1.54) is 6.21 Å². The van der Waals surface area contributed by atoms with Crippen molar-refractivity contribution in [2.45, 2.75) is 0 Å². The minimum atomic E-state index is -0.739. The Balaban J connectivity index is 2.78. The number of nitrogens with one attached hydrogen (secondary N) is 1.